The van der Waals surface area contributed by atoms with Crippen molar-refractivity contribution >= 4 is 22.6 Å². The summed E-state index contributed by atoms with van der Waals surface area (Å²) in [5, 5.41) is 5.05. The standard InChI is InChI=1S/C27H27N5O2/c1-19-28-13-15-32(19)25-16-20(11-12-29-25)17-30-26(33)22-8-5-14-31(18-22)27(34)24-10-4-7-21-6-2-3-9-23(21)24/h2-4,6-7,9-13,15-16,22H,5,8,14,17-18H2,1H3,(H,30,33)/t22-/m1/s1. The van der Waals surface area contributed by atoms with Crippen molar-refractivity contribution in [2.75, 3.05) is 13.1 Å². The molecule has 0 spiro atoms. The van der Waals surface area contributed by atoms with E-state index in [1.165, 1.54) is 0 Å². The molecule has 1 atom stereocenters. The minimum absolute atomic E-state index is 0.0104. The number of rotatable bonds is 5. The molecule has 7 heteroatoms. The predicted octanol–water partition coefficient (Wildman–Crippen LogP) is 3.90. The van der Waals surface area contributed by atoms with Crippen LogP contribution in [0.5, 0.6) is 0 Å². The topological polar surface area (TPSA) is 80.1 Å². The molecule has 4 aromatic rings. The van der Waals surface area contributed by atoms with Gasteiger partial charge >= 0.3 is 0 Å². The fourth-order valence-electron chi connectivity index (χ4n) is 4.61. The zero-order valence-corrected chi connectivity index (χ0v) is 19.1. The van der Waals surface area contributed by atoms with E-state index in [9.17, 15) is 9.59 Å². The fraction of sp³-hybridized carbons (Fsp3) is 0.259. The third-order valence-corrected chi connectivity index (χ3v) is 6.45. The number of hydrogen-bond donors (Lipinski definition) is 1. The summed E-state index contributed by atoms with van der Waals surface area (Å²) in [6, 6.07) is 17.6. The monoisotopic (exact) mass is 453 g/mol. The molecule has 172 valence electrons. The highest BCUT2D eigenvalue weighted by Crippen LogP contribution is 2.24. The second-order valence-electron chi connectivity index (χ2n) is 8.70. The van der Waals surface area contributed by atoms with Gasteiger partial charge in [0.25, 0.3) is 5.91 Å². The number of carbonyl (C=O) groups is 2. The Balaban J connectivity index is 1.24. The third-order valence-electron chi connectivity index (χ3n) is 6.45. The van der Waals surface area contributed by atoms with Crippen molar-refractivity contribution in [3.8, 4) is 5.82 Å². The summed E-state index contributed by atoms with van der Waals surface area (Å²) in [5.74, 6) is 1.37. The van der Waals surface area contributed by atoms with Gasteiger partial charge in [0.2, 0.25) is 5.91 Å². The Morgan fingerprint density at radius 2 is 1.91 bits per heavy atom. The van der Waals surface area contributed by atoms with E-state index in [4.69, 9.17) is 0 Å². The number of carbonyl (C=O) groups excluding carboxylic acids is 2. The van der Waals surface area contributed by atoms with E-state index >= 15 is 0 Å². The molecule has 0 bridgehead atoms. The normalized spacial score (nSPS) is 15.9. The number of nitrogens with zero attached hydrogens (tertiary/aromatic N) is 4. The lowest BCUT2D eigenvalue weighted by molar-refractivity contribution is -0.126. The van der Waals surface area contributed by atoms with Gasteiger partial charge in [-0.15, -0.1) is 0 Å². The second-order valence-corrected chi connectivity index (χ2v) is 8.70. The Morgan fingerprint density at radius 3 is 2.76 bits per heavy atom. The van der Waals surface area contributed by atoms with Crippen molar-refractivity contribution in [3.05, 3.63) is 90.1 Å². The number of benzene rings is 2. The maximum Gasteiger partial charge on any atom is 0.254 e. The first-order valence-electron chi connectivity index (χ1n) is 11.6. The summed E-state index contributed by atoms with van der Waals surface area (Å²) in [4.78, 5) is 36.8. The first-order chi connectivity index (χ1) is 16.6. The van der Waals surface area contributed by atoms with Crippen molar-refractivity contribution < 1.29 is 9.59 Å². The molecule has 3 heterocycles. The van der Waals surface area contributed by atoms with Gasteiger partial charge in [0, 0.05) is 43.8 Å². The molecule has 1 N–H and O–H groups in total. The lowest BCUT2D eigenvalue weighted by Crippen LogP contribution is -2.45. The van der Waals surface area contributed by atoms with Crippen molar-refractivity contribution in [3.63, 3.8) is 0 Å². The highest BCUT2D eigenvalue weighted by molar-refractivity contribution is 6.07. The predicted molar refractivity (Wildman–Crippen MR) is 131 cm³/mol. The molecule has 1 fully saturated rings. The minimum atomic E-state index is -0.218. The number of aromatic nitrogens is 3. The number of aryl methyl sites for hydroxylation is 1. The molecule has 0 saturated carbocycles. The Hall–Kier alpha value is -4.00. The van der Waals surface area contributed by atoms with Crippen LogP contribution in [-0.2, 0) is 11.3 Å². The van der Waals surface area contributed by atoms with Gasteiger partial charge < -0.3 is 10.2 Å². The number of likely N-dealkylation sites (tertiary alicyclic amines) is 1. The Bertz CT molecular complexity index is 1340. The van der Waals surface area contributed by atoms with E-state index in [0.29, 0.717) is 25.2 Å². The lowest BCUT2D eigenvalue weighted by Gasteiger charge is -2.32. The van der Waals surface area contributed by atoms with Crippen LogP contribution in [-0.4, -0.2) is 44.3 Å². The van der Waals surface area contributed by atoms with Crippen LogP contribution in [0.4, 0.5) is 0 Å². The SMILES string of the molecule is Cc1nccn1-c1cc(CNC(=O)[C@@H]2CCCN(C(=O)c3cccc4ccccc34)C2)ccn1. The van der Waals surface area contributed by atoms with Gasteiger partial charge in [-0.2, -0.15) is 0 Å². The Labute approximate surface area is 198 Å². The summed E-state index contributed by atoms with van der Waals surface area (Å²) >= 11 is 0. The third kappa shape index (κ3) is 4.41. The van der Waals surface area contributed by atoms with E-state index in [1.807, 2.05) is 77.2 Å². The van der Waals surface area contributed by atoms with Crippen molar-refractivity contribution in [1.29, 1.82) is 0 Å². The van der Waals surface area contributed by atoms with E-state index in [-0.39, 0.29) is 17.7 Å². The number of imidazole rings is 1. The van der Waals surface area contributed by atoms with Gasteiger partial charge in [-0.1, -0.05) is 36.4 Å². The van der Waals surface area contributed by atoms with E-state index in [1.54, 1.807) is 12.4 Å². The molecule has 0 aliphatic carbocycles. The van der Waals surface area contributed by atoms with Gasteiger partial charge in [0.15, 0.2) is 0 Å². The highest BCUT2D eigenvalue weighted by Gasteiger charge is 2.29. The van der Waals surface area contributed by atoms with Crippen LogP contribution in [0.2, 0.25) is 0 Å². The highest BCUT2D eigenvalue weighted by atomic mass is 16.2. The molecular weight excluding hydrogens is 426 g/mol. The summed E-state index contributed by atoms with van der Waals surface area (Å²) in [7, 11) is 0. The largest absolute Gasteiger partial charge is 0.352 e. The summed E-state index contributed by atoms with van der Waals surface area (Å²) < 4.78 is 1.91. The molecule has 2 amide bonds. The first kappa shape index (κ1) is 21.8. The Morgan fingerprint density at radius 1 is 1.06 bits per heavy atom. The number of amides is 2. The summed E-state index contributed by atoms with van der Waals surface area (Å²) in [5.41, 5.74) is 1.66. The molecule has 1 saturated heterocycles. The van der Waals surface area contributed by atoms with Gasteiger partial charge in [-0.25, -0.2) is 9.97 Å². The van der Waals surface area contributed by atoms with Gasteiger partial charge in [-0.3, -0.25) is 14.2 Å². The zero-order chi connectivity index (χ0) is 23.5. The lowest BCUT2D eigenvalue weighted by atomic mass is 9.95. The Kier molecular flexibility index (Phi) is 6.08. The molecule has 2 aromatic carbocycles. The molecule has 0 radical (unpaired) electrons. The molecule has 2 aromatic heterocycles. The number of pyridine rings is 1. The smallest absolute Gasteiger partial charge is 0.254 e. The van der Waals surface area contributed by atoms with Gasteiger partial charge in [0.1, 0.15) is 11.6 Å². The maximum atomic E-state index is 13.3. The molecular formula is C27H27N5O2. The van der Waals surface area contributed by atoms with Gasteiger partial charge in [-0.05, 0) is 54.3 Å². The second kappa shape index (κ2) is 9.47. The minimum Gasteiger partial charge on any atom is -0.352 e. The molecule has 34 heavy (non-hydrogen) atoms. The van der Waals surface area contributed by atoms with Gasteiger partial charge in [0.05, 0.1) is 5.92 Å². The number of fused-ring (bicyclic) bond motifs is 1. The fourth-order valence-corrected chi connectivity index (χ4v) is 4.61. The number of nitrogens with one attached hydrogen (secondary N) is 1. The summed E-state index contributed by atoms with van der Waals surface area (Å²) in [6.45, 7) is 3.44. The molecule has 1 aliphatic heterocycles. The van der Waals surface area contributed by atoms with Crippen LogP contribution in [0.25, 0.3) is 16.6 Å². The van der Waals surface area contributed by atoms with E-state index in [0.717, 1.165) is 40.8 Å². The van der Waals surface area contributed by atoms with Crippen molar-refractivity contribution in [2.24, 2.45) is 5.92 Å². The van der Waals surface area contributed by atoms with Crippen LogP contribution in [0.3, 0.4) is 0 Å². The number of hydrogen-bond acceptors (Lipinski definition) is 4. The zero-order valence-electron chi connectivity index (χ0n) is 19.1. The molecule has 0 unspecified atom stereocenters. The van der Waals surface area contributed by atoms with Crippen molar-refractivity contribution in [1.82, 2.24) is 24.8 Å². The van der Waals surface area contributed by atoms with E-state index in [2.05, 4.69) is 15.3 Å². The first-order valence-corrected chi connectivity index (χ1v) is 11.6. The van der Waals surface area contributed by atoms with Crippen LogP contribution >= 0.6 is 0 Å². The average Bonchev–Trinajstić information content (AvgIpc) is 3.32. The summed E-state index contributed by atoms with van der Waals surface area (Å²) in [6.07, 6.45) is 6.93. The maximum absolute atomic E-state index is 13.3. The molecule has 7 nitrogen and oxygen atoms in total. The van der Waals surface area contributed by atoms with E-state index < -0.39 is 0 Å². The average molecular weight is 454 g/mol. The molecule has 1 aliphatic rings. The van der Waals surface area contributed by atoms with Crippen molar-refractivity contribution in [2.45, 2.75) is 26.3 Å². The van der Waals surface area contributed by atoms with Crippen LogP contribution in [0.15, 0.2) is 73.2 Å². The number of piperidine rings is 1. The van der Waals surface area contributed by atoms with Crippen LogP contribution in [0.1, 0.15) is 34.6 Å². The molecule has 5 rings (SSSR count). The van der Waals surface area contributed by atoms with Crippen LogP contribution < -0.4 is 5.32 Å². The van der Waals surface area contributed by atoms with Crippen LogP contribution in [0, 0.1) is 12.8 Å². The quantitative estimate of drug-likeness (QED) is 0.497.